The quantitative estimate of drug-likeness (QED) is 0.606. The van der Waals surface area contributed by atoms with Crippen LogP contribution in [0.1, 0.15) is 22.4 Å². The molecule has 2 aliphatic heterocycles. The van der Waals surface area contributed by atoms with Crippen LogP contribution in [-0.4, -0.2) is 34.9 Å². The Kier molecular flexibility index (Phi) is 5.30. The highest BCUT2D eigenvalue weighted by atomic mass is 16.6. The van der Waals surface area contributed by atoms with Gasteiger partial charge >= 0.3 is 0 Å². The molecule has 0 unspecified atom stereocenters. The van der Waals surface area contributed by atoms with E-state index in [1.54, 1.807) is 36.5 Å². The number of benzene rings is 2. The van der Waals surface area contributed by atoms with Crippen LogP contribution in [0.4, 0.5) is 5.69 Å². The summed E-state index contributed by atoms with van der Waals surface area (Å²) in [5.41, 5.74) is 4.70. The first-order valence-corrected chi connectivity index (χ1v) is 10.8. The van der Waals surface area contributed by atoms with E-state index in [1.807, 2.05) is 38.1 Å². The molecule has 7 heteroatoms. The molecule has 0 bridgehead atoms. The van der Waals surface area contributed by atoms with Gasteiger partial charge in [-0.2, -0.15) is 0 Å². The maximum absolute atomic E-state index is 13.5. The van der Waals surface area contributed by atoms with Crippen LogP contribution in [0.2, 0.25) is 0 Å². The van der Waals surface area contributed by atoms with Crippen LogP contribution >= 0.6 is 0 Å². The van der Waals surface area contributed by atoms with Crippen molar-refractivity contribution in [3.63, 3.8) is 0 Å². The van der Waals surface area contributed by atoms with Crippen molar-refractivity contribution in [3.05, 3.63) is 88.9 Å². The van der Waals surface area contributed by atoms with Crippen LogP contribution in [0.3, 0.4) is 0 Å². The molecule has 0 spiro atoms. The second-order valence-electron chi connectivity index (χ2n) is 8.05. The molecule has 33 heavy (non-hydrogen) atoms. The van der Waals surface area contributed by atoms with Crippen LogP contribution in [0.25, 0.3) is 5.57 Å². The van der Waals surface area contributed by atoms with Gasteiger partial charge in [0.15, 0.2) is 11.5 Å². The Labute approximate surface area is 191 Å². The number of imide groups is 1. The third-order valence-electron chi connectivity index (χ3n) is 5.82. The molecule has 2 aliphatic rings. The molecule has 166 valence electrons. The summed E-state index contributed by atoms with van der Waals surface area (Å²) in [5, 5.41) is 3.18. The van der Waals surface area contributed by atoms with E-state index in [9.17, 15) is 9.59 Å². The van der Waals surface area contributed by atoms with Crippen molar-refractivity contribution in [2.24, 2.45) is 0 Å². The van der Waals surface area contributed by atoms with Crippen LogP contribution in [0, 0.1) is 13.8 Å². The lowest BCUT2D eigenvalue weighted by Gasteiger charge is -2.19. The second-order valence-corrected chi connectivity index (χ2v) is 8.05. The molecule has 2 amide bonds. The van der Waals surface area contributed by atoms with Crippen molar-refractivity contribution < 1.29 is 19.1 Å². The Hall–Kier alpha value is -4.13. The van der Waals surface area contributed by atoms with E-state index in [-0.39, 0.29) is 18.1 Å². The van der Waals surface area contributed by atoms with Crippen LogP contribution in [-0.2, 0) is 16.1 Å². The van der Waals surface area contributed by atoms with Crippen molar-refractivity contribution in [1.29, 1.82) is 0 Å². The molecule has 1 N–H and O–H groups in total. The van der Waals surface area contributed by atoms with Crippen molar-refractivity contribution in [1.82, 2.24) is 9.88 Å². The van der Waals surface area contributed by atoms with Gasteiger partial charge in [0.05, 0.1) is 17.8 Å². The molecule has 0 radical (unpaired) electrons. The first-order chi connectivity index (χ1) is 16.0. The number of amides is 2. The zero-order valence-electron chi connectivity index (χ0n) is 18.4. The SMILES string of the molecule is Cc1ccc(C2=C(Nc3ccc4c(c3)OCCO4)C(=O)N(Cc3ccccn3)C2=O)cc1C. The summed E-state index contributed by atoms with van der Waals surface area (Å²) in [5.74, 6) is 0.505. The lowest BCUT2D eigenvalue weighted by molar-refractivity contribution is -0.137. The Balaban J connectivity index is 1.55. The maximum Gasteiger partial charge on any atom is 0.278 e. The van der Waals surface area contributed by atoms with E-state index in [4.69, 9.17) is 9.47 Å². The number of nitrogens with one attached hydrogen (secondary N) is 1. The van der Waals surface area contributed by atoms with E-state index < -0.39 is 5.91 Å². The summed E-state index contributed by atoms with van der Waals surface area (Å²) in [6, 6.07) is 16.6. The summed E-state index contributed by atoms with van der Waals surface area (Å²) >= 11 is 0. The third kappa shape index (κ3) is 3.93. The molecule has 5 rings (SSSR count). The number of pyridine rings is 1. The molecule has 0 atom stereocenters. The zero-order valence-corrected chi connectivity index (χ0v) is 18.4. The summed E-state index contributed by atoms with van der Waals surface area (Å²) < 4.78 is 11.2. The minimum Gasteiger partial charge on any atom is -0.486 e. The number of carbonyl (C=O) groups excluding carboxylic acids is 2. The molecule has 0 aliphatic carbocycles. The van der Waals surface area contributed by atoms with Crippen molar-refractivity contribution in [3.8, 4) is 11.5 Å². The lowest BCUT2D eigenvalue weighted by atomic mass is 9.99. The van der Waals surface area contributed by atoms with Crippen molar-refractivity contribution in [2.75, 3.05) is 18.5 Å². The largest absolute Gasteiger partial charge is 0.486 e. The van der Waals surface area contributed by atoms with Gasteiger partial charge in [-0.05, 0) is 54.8 Å². The van der Waals surface area contributed by atoms with Crippen LogP contribution < -0.4 is 14.8 Å². The first kappa shape index (κ1) is 20.8. The van der Waals surface area contributed by atoms with Gasteiger partial charge in [0.2, 0.25) is 0 Å². The van der Waals surface area contributed by atoms with Gasteiger partial charge < -0.3 is 14.8 Å². The van der Waals surface area contributed by atoms with Crippen molar-refractivity contribution >= 4 is 23.1 Å². The Morgan fingerprint density at radius 1 is 0.909 bits per heavy atom. The molecule has 3 aromatic rings. The second kappa shape index (κ2) is 8.43. The number of aryl methyl sites for hydroxylation is 2. The molecule has 0 fully saturated rings. The summed E-state index contributed by atoms with van der Waals surface area (Å²) in [7, 11) is 0. The number of carbonyl (C=O) groups is 2. The molecule has 2 aromatic carbocycles. The number of hydrogen-bond donors (Lipinski definition) is 1. The summed E-state index contributed by atoms with van der Waals surface area (Å²) in [4.78, 5) is 32.4. The number of rotatable bonds is 5. The van der Waals surface area contributed by atoms with E-state index in [2.05, 4.69) is 10.3 Å². The number of fused-ring (bicyclic) bond motifs is 1. The Bertz CT molecular complexity index is 1280. The van der Waals surface area contributed by atoms with Crippen molar-refractivity contribution in [2.45, 2.75) is 20.4 Å². The van der Waals surface area contributed by atoms with Gasteiger partial charge in [-0.15, -0.1) is 0 Å². The molecule has 3 heterocycles. The van der Waals surface area contributed by atoms with E-state index in [0.717, 1.165) is 11.1 Å². The monoisotopic (exact) mass is 441 g/mol. The van der Waals surface area contributed by atoms with Gasteiger partial charge in [0.25, 0.3) is 11.8 Å². The molecule has 0 saturated heterocycles. The molecular weight excluding hydrogens is 418 g/mol. The minimum atomic E-state index is -0.395. The topological polar surface area (TPSA) is 80.8 Å². The third-order valence-corrected chi connectivity index (χ3v) is 5.82. The van der Waals surface area contributed by atoms with Gasteiger partial charge in [0, 0.05) is 18.0 Å². The zero-order chi connectivity index (χ0) is 22.9. The Morgan fingerprint density at radius 2 is 1.73 bits per heavy atom. The summed E-state index contributed by atoms with van der Waals surface area (Å²) in [6.45, 7) is 5.05. The van der Waals surface area contributed by atoms with Gasteiger partial charge in [-0.3, -0.25) is 19.5 Å². The maximum atomic E-state index is 13.5. The molecular formula is C26H23N3O4. The number of anilines is 1. The minimum absolute atomic E-state index is 0.0964. The highest BCUT2D eigenvalue weighted by Crippen LogP contribution is 2.36. The number of aromatic nitrogens is 1. The van der Waals surface area contributed by atoms with E-state index in [1.165, 1.54) is 4.90 Å². The van der Waals surface area contributed by atoms with E-state index in [0.29, 0.717) is 47.2 Å². The van der Waals surface area contributed by atoms with Gasteiger partial charge in [-0.25, -0.2) is 0 Å². The predicted octanol–water partition coefficient (Wildman–Crippen LogP) is 3.86. The normalized spacial score (nSPS) is 15.3. The van der Waals surface area contributed by atoms with Gasteiger partial charge in [0.1, 0.15) is 18.9 Å². The van der Waals surface area contributed by atoms with Crippen LogP contribution in [0.15, 0.2) is 66.5 Å². The Morgan fingerprint density at radius 3 is 2.48 bits per heavy atom. The highest BCUT2D eigenvalue weighted by molar-refractivity contribution is 6.36. The number of ether oxygens (including phenoxy) is 2. The average Bonchev–Trinajstić information content (AvgIpc) is 3.06. The summed E-state index contributed by atoms with van der Waals surface area (Å²) in [6.07, 6.45) is 1.65. The smallest absolute Gasteiger partial charge is 0.278 e. The standard InChI is InChI=1S/C26H23N3O4/c1-16-6-7-18(13-17(16)2)23-24(28-19-8-9-21-22(14-19)33-12-11-32-21)26(31)29(25(23)30)15-20-5-3-4-10-27-20/h3-10,13-14,28H,11-12,15H2,1-2H3. The predicted molar refractivity (Wildman–Crippen MR) is 124 cm³/mol. The van der Waals surface area contributed by atoms with E-state index >= 15 is 0 Å². The number of hydrogen-bond acceptors (Lipinski definition) is 6. The molecule has 1 aromatic heterocycles. The van der Waals surface area contributed by atoms with Crippen LogP contribution in [0.5, 0.6) is 11.5 Å². The van der Waals surface area contributed by atoms with Gasteiger partial charge in [-0.1, -0.05) is 24.3 Å². The molecule has 7 nitrogen and oxygen atoms in total. The fourth-order valence-electron chi connectivity index (χ4n) is 3.92. The number of nitrogens with zero attached hydrogens (tertiary/aromatic N) is 2. The lowest BCUT2D eigenvalue weighted by Crippen LogP contribution is -2.32. The molecule has 0 saturated carbocycles. The highest BCUT2D eigenvalue weighted by Gasteiger charge is 2.39. The first-order valence-electron chi connectivity index (χ1n) is 10.8. The average molecular weight is 441 g/mol. The fraction of sp³-hybridized carbons (Fsp3) is 0.192. The fourth-order valence-corrected chi connectivity index (χ4v) is 3.92.